The summed E-state index contributed by atoms with van der Waals surface area (Å²) in [6, 6.07) is 10.4. The maximum atomic E-state index is 11.5. The van der Waals surface area contributed by atoms with Gasteiger partial charge in [0.25, 0.3) is 0 Å². The molecule has 0 heterocycles. The number of unbranched alkanes of at least 4 members (excludes halogenated alkanes) is 1. The van der Waals surface area contributed by atoms with Crippen molar-refractivity contribution >= 4 is 17.5 Å². The van der Waals surface area contributed by atoms with E-state index in [0.717, 1.165) is 25.8 Å². The molecule has 1 amide bonds. The third-order valence-electron chi connectivity index (χ3n) is 2.77. The number of aryl methyl sites for hydroxylation is 1. The number of carbonyl (C=O) groups is 1. The Hall–Kier alpha value is -1.02. The molecule has 1 rings (SSSR count). The predicted molar refractivity (Wildman–Crippen MR) is 72.3 cm³/mol. The van der Waals surface area contributed by atoms with Crippen molar-refractivity contribution in [2.75, 3.05) is 13.6 Å². The van der Waals surface area contributed by atoms with Gasteiger partial charge < -0.3 is 4.90 Å². The number of hydrogen-bond acceptors (Lipinski definition) is 1. The molecule has 94 valence electrons. The fraction of sp³-hybridized carbons (Fsp3) is 0.500. The number of nitrogens with zero attached hydrogens (tertiary/aromatic N) is 1. The minimum Gasteiger partial charge on any atom is -0.344 e. The van der Waals surface area contributed by atoms with Crippen molar-refractivity contribution in [3.8, 4) is 0 Å². The maximum absolute atomic E-state index is 11.5. The van der Waals surface area contributed by atoms with Gasteiger partial charge in [-0.3, -0.25) is 4.79 Å². The predicted octanol–water partition coefficient (Wildman–Crippen LogP) is 3.10. The van der Waals surface area contributed by atoms with Gasteiger partial charge in [0.2, 0.25) is 5.91 Å². The molecule has 0 saturated heterocycles. The fourth-order valence-electron chi connectivity index (χ4n) is 1.74. The highest BCUT2D eigenvalue weighted by Gasteiger charge is 2.13. The largest absolute Gasteiger partial charge is 0.344 e. The van der Waals surface area contributed by atoms with Crippen LogP contribution in [0.2, 0.25) is 0 Å². The Morgan fingerprint density at radius 2 is 1.94 bits per heavy atom. The second kappa shape index (κ2) is 7.33. The van der Waals surface area contributed by atoms with Crippen molar-refractivity contribution in [3.63, 3.8) is 0 Å². The maximum Gasteiger partial charge on any atom is 0.240 e. The van der Waals surface area contributed by atoms with Crippen molar-refractivity contribution in [1.82, 2.24) is 4.90 Å². The molecule has 0 aromatic heterocycles. The second-order valence-corrected chi connectivity index (χ2v) is 4.97. The van der Waals surface area contributed by atoms with Crippen molar-refractivity contribution in [3.05, 3.63) is 35.9 Å². The van der Waals surface area contributed by atoms with E-state index < -0.39 is 5.38 Å². The molecule has 0 fully saturated rings. The van der Waals surface area contributed by atoms with Crippen LogP contribution in [0.25, 0.3) is 0 Å². The van der Waals surface area contributed by atoms with Crippen molar-refractivity contribution in [2.24, 2.45) is 0 Å². The van der Waals surface area contributed by atoms with Crippen molar-refractivity contribution in [1.29, 1.82) is 0 Å². The van der Waals surface area contributed by atoms with Gasteiger partial charge in [0, 0.05) is 13.6 Å². The second-order valence-electron chi connectivity index (χ2n) is 4.32. The molecular formula is C14H20ClNO. The van der Waals surface area contributed by atoms with Crippen LogP contribution in [0, 0.1) is 0 Å². The van der Waals surface area contributed by atoms with Crippen LogP contribution in [0.3, 0.4) is 0 Å². The normalized spacial score (nSPS) is 12.2. The van der Waals surface area contributed by atoms with Gasteiger partial charge in [-0.1, -0.05) is 30.3 Å². The SMILES string of the molecule is CC(Cl)C(=O)N(C)CCCCc1ccccc1. The van der Waals surface area contributed by atoms with Gasteiger partial charge in [0.1, 0.15) is 5.38 Å². The molecule has 3 heteroatoms. The smallest absolute Gasteiger partial charge is 0.240 e. The number of alkyl halides is 1. The van der Waals surface area contributed by atoms with Gasteiger partial charge in [0.05, 0.1) is 0 Å². The molecule has 0 bridgehead atoms. The number of carbonyl (C=O) groups excluding carboxylic acids is 1. The van der Waals surface area contributed by atoms with E-state index in [9.17, 15) is 4.79 Å². The first kappa shape index (κ1) is 14.0. The van der Waals surface area contributed by atoms with Crippen LogP contribution in [-0.4, -0.2) is 29.8 Å². The average molecular weight is 254 g/mol. The number of rotatable bonds is 6. The van der Waals surface area contributed by atoms with Crippen LogP contribution in [0.1, 0.15) is 25.3 Å². The van der Waals surface area contributed by atoms with Gasteiger partial charge in [-0.2, -0.15) is 0 Å². The highest BCUT2D eigenvalue weighted by Crippen LogP contribution is 2.06. The van der Waals surface area contributed by atoms with Crippen LogP contribution in [0.4, 0.5) is 0 Å². The fourth-order valence-corrected chi connectivity index (χ4v) is 1.90. The summed E-state index contributed by atoms with van der Waals surface area (Å²) in [5.74, 6) is 0.00591. The molecule has 2 nitrogen and oxygen atoms in total. The Labute approximate surface area is 109 Å². The third kappa shape index (κ3) is 5.22. The topological polar surface area (TPSA) is 20.3 Å². The number of halogens is 1. The summed E-state index contributed by atoms with van der Waals surface area (Å²) in [7, 11) is 1.81. The summed E-state index contributed by atoms with van der Waals surface area (Å²) in [6.07, 6.45) is 3.18. The molecule has 0 saturated carbocycles. The lowest BCUT2D eigenvalue weighted by Gasteiger charge is -2.18. The highest BCUT2D eigenvalue weighted by atomic mass is 35.5. The Morgan fingerprint density at radius 1 is 1.29 bits per heavy atom. The quantitative estimate of drug-likeness (QED) is 0.564. The number of benzene rings is 1. The molecule has 0 N–H and O–H groups in total. The minimum absolute atomic E-state index is 0.00591. The summed E-state index contributed by atoms with van der Waals surface area (Å²) in [5.41, 5.74) is 1.35. The highest BCUT2D eigenvalue weighted by molar-refractivity contribution is 6.30. The first-order chi connectivity index (χ1) is 8.11. The van der Waals surface area contributed by atoms with Gasteiger partial charge in [-0.25, -0.2) is 0 Å². The minimum atomic E-state index is -0.422. The molecule has 0 radical (unpaired) electrons. The standard InChI is InChI=1S/C14H20ClNO/c1-12(15)14(17)16(2)11-7-6-10-13-8-4-3-5-9-13/h3-5,8-9,12H,6-7,10-11H2,1-2H3. The Kier molecular flexibility index (Phi) is 6.06. The lowest BCUT2D eigenvalue weighted by molar-refractivity contribution is -0.129. The van der Waals surface area contributed by atoms with E-state index in [1.165, 1.54) is 5.56 Å². The van der Waals surface area contributed by atoms with Gasteiger partial charge in [0.15, 0.2) is 0 Å². The molecular weight excluding hydrogens is 234 g/mol. The van der Waals surface area contributed by atoms with E-state index in [1.54, 1.807) is 11.8 Å². The summed E-state index contributed by atoms with van der Waals surface area (Å²) >= 11 is 5.74. The molecule has 1 aromatic carbocycles. The van der Waals surface area contributed by atoms with Gasteiger partial charge >= 0.3 is 0 Å². The average Bonchev–Trinajstić information content (AvgIpc) is 2.34. The van der Waals surface area contributed by atoms with E-state index in [1.807, 2.05) is 13.1 Å². The molecule has 1 unspecified atom stereocenters. The van der Waals surface area contributed by atoms with Crippen molar-refractivity contribution in [2.45, 2.75) is 31.6 Å². The van der Waals surface area contributed by atoms with Crippen molar-refractivity contribution < 1.29 is 4.79 Å². The zero-order valence-electron chi connectivity index (χ0n) is 10.5. The lowest BCUT2D eigenvalue weighted by atomic mass is 10.1. The molecule has 1 aromatic rings. The third-order valence-corrected chi connectivity index (χ3v) is 2.95. The van der Waals surface area contributed by atoms with Crippen LogP contribution >= 0.6 is 11.6 Å². The van der Waals surface area contributed by atoms with E-state index in [0.29, 0.717) is 0 Å². The Balaban J connectivity index is 2.18. The zero-order chi connectivity index (χ0) is 12.7. The molecule has 0 aliphatic carbocycles. The summed E-state index contributed by atoms with van der Waals surface area (Å²) in [5, 5.41) is -0.422. The van der Waals surface area contributed by atoms with E-state index >= 15 is 0 Å². The summed E-state index contributed by atoms with van der Waals surface area (Å²) in [4.78, 5) is 13.2. The molecule has 17 heavy (non-hydrogen) atoms. The number of amides is 1. The lowest BCUT2D eigenvalue weighted by Crippen LogP contribution is -2.32. The van der Waals surface area contributed by atoms with E-state index in [4.69, 9.17) is 11.6 Å². The summed E-state index contributed by atoms with van der Waals surface area (Å²) < 4.78 is 0. The van der Waals surface area contributed by atoms with Gasteiger partial charge in [-0.15, -0.1) is 11.6 Å². The van der Waals surface area contributed by atoms with Crippen LogP contribution in [0.5, 0.6) is 0 Å². The molecule has 0 spiro atoms. The Bertz CT molecular complexity index is 337. The van der Waals surface area contributed by atoms with Gasteiger partial charge in [-0.05, 0) is 31.7 Å². The monoisotopic (exact) mass is 253 g/mol. The van der Waals surface area contributed by atoms with Crippen LogP contribution in [0.15, 0.2) is 30.3 Å². The van der Waals surface area contributed by atoms with Crippen LogP contribution < -0.4 is 0 Å². The van der Waals surface area contributed by atoms with Crippen LogP contribution in [-0.2, 0) is 11.2 Å². The first-order valence-electron chi connectivity index (χ1n) is 6.04. The molecule has 0 aliphatic rings. The molecule has 1 atom stereocenters. The van der Waals surface area contributed by atoms with E-state index in [-0.39, 0.29) is 5.91 Å². The number of hydrogen-bond donors (Lipinski definition) is 0. The van der Waals surface area contributed by atoms with E-state index in [2.05, 4.69) is 24.3 Å². The zero-order valence-corrected chi connectivity index (χ0v) is 11.3. The molecule has 0 aliphatic heterocycles. The first-order valence-corrected chi connectivity index (χ1v) is 6.48. The Morgan fingerprint density at radius 3 is 2.53 bits per heavy atom. The summed E-state index contributed by atoms with van der Waals surface area (Å²) in [6.45, 7) is 2.49.